The number of likely N-dealkylation sites (tertiary alicyclic amines) is 1. The van der Waals surface area contributed by atoms with Gasteiger partial charge < -0.3 is 10.6 Å². The minimum absolute atomic E-state index is 0.704. The standard InChI is InChI=1S/C23H35N5S/c1-4-22-27-21(17-29-22)16-28-11-9-19(10-12-28)14-25-23(24-5-2)26-15-20-8-6-7-18(3)13-20/h6-8,13,17,19H,4-5,9-12,14-16H2,1-3H3,(H2,24,25,26). The van der Waals surface area contributed by atoms with Crippen molar-refractivity contribution in [2.75, 3.05) is 26.2 Å². The van der Waals surface area contributed by atoms with Crippen LogP contribution in [-0.4, -0.2) is 42.0 Å². The molecule has 29 heavy (non-hydrogen) atoms. The number of piperidine rings is 1. The predicted octanol–water partition coefficient (Wildman–Crippen LogP) is 3.98. The molecule has 0 unspecified atom stereocenters. The fourth-order valence-electron chi connectivity index (χ4n) is 3.73. The van der Waals surface area contributed by atoms with Gasteiger partial charge in [-0.25, -0.2) is 9.98 Å². The number of nitrogens with one attached hydrogen (secondary N) is 2. The van der Waals surface area contributed by atoms with Gasteiger partial charge in [0.25, 0.3) is 0 Å². The maximum Gasteiger partial charge on any atom is 0.191 e. The Balaban J connectivity index is 1.42. The van der Waals surface area contributed by atoms with E-state index >= 15 is 0 Å². The first kappa shape index (κ1) is 21.8. The van der Waals surface area contributed by atoms with E-state index in [-0.39, 0.29) is 0 Å². The van der Waals surface area contributed by atoms with Gasteiger partial charge in [0, 0.05) is 25.0 Å². The molecule has 2 aromatic rings. The van der Waals surface area contributed by atoms with Crippen LogP contribution < -0.4 is 10.6 Å². The second kappa shape index (κ2) is 11.3. The van der Waals surface area contributed by atoms with Crippen LogP contribution in [-0.2, 0) is 19.5 Å². The van der Waals surface area contributed by atoms with Gasteiger partial charge in [-0.1, -0.05) is 36.8 Å². The summed E-state index contributed by atoms with van der Waals surface area (Å²) in [4.78, 5) is 12.0. The highest BCUT2D eigenvalue weighted by Gasteiger charge is 2.20. The van der Waals surface area contributed by atoms with Crippen LogP contribution in [0.3, 0.4) is 0 Å². The van der Waals surface area contributed by atoms with Crippen LogP contribution in [0.15, 0.2) is 34.6 Å². The molecule has 1 aliphatic heterocycles. The van der Waals surface area contributed by atoms with Crippen molar-refractivity contribution in [2.24, 2.45) is 10.9 Å². The molecule has 1 fully saturated rings. The van der Waals surface area contributed by atoms with Gasteiger partial charge in [0.05, 0.1) is 17.2 Å². The Bertz CT molecular complexity index is 777. The predicted molar refractivity (Wildman–Crippen MR) is 123 cm³/mol. The Morgan fingerprint density at radius 1 is 1.24 bits per heavy atom. The van der Waals surface area contributed by atoms with Gasteiger partial charge in [0.1, 0.15) is 0 Å². The number of hydrogen-bond donors (Lipinski definition) is 2. The summed E-state index contributed by atoms with van der Waals surface area (Å²) in [5, 5.41) is 10.4. The molecule has 6 heteroatoms. The lowest BCUT2D eigenvalue weighted by Crippen LogP contribution is -2.42. The molecule has 0 atom stereocenters. The van der Waals surface area contributed by atoms with E-state index < -0.39 is 0 Å². The summed E-state index contributed by atoms with van der Waals surface area (Å²) in [6.07, 6.45) is 3.50. The molecular weight excluding hydrogens is 378 g/mol. The Morgan fingerprint density at radius 3 is 2.76 bits per heavy atom. The van der Waals surface area contributed by atoms with Crippen LogP contribution in [0.1, 0.15) is 48.5 Å². The molecule has 0 saturated carbocycles. The fourth-order valence-corrected chi connectivity index (χ4v) is 4.46. The van der Waals surface area contributed by atoms with Crippen LogP contribution in [0.5, 0.6) is 0 Å². The number of guanidine groups is 1. The van der Waals surface area contributed by atoms with Gasteiger partial charge in [-0.05, 0) is 57.7 Å². The smallest absolute Gasteiger partial charge is 0.191 e. The number of thiazole rings is 1. The van der Waals surface area contributed by atoms with E-state index in [2.05, 4.69) is 66.0 Å². The average Bonchev–Trinajstić information content (AvgIpc) is 3.19. The minimum atomic E-state index is 0.704. The van der Waals surface area contributed by atoms with E-state index in [9.17, 15) is 0 Å². The number of nitrogens with zero attached hydrogens (tertiary/aromatic N) is 3. The van der Waals surface area contributed by atoms with Crippen molar-refractivity contribution >= 4 is 17.3 Å². The Hall–Kier alpha value is -1.92. The van der Waals surface area contributed by atoms with E-state index in [1.807, 2.05) is 0 Å². The molecule has 1 aliphatic rings. The van der Waals surface area contributed by atoms with Crippen molar-refractivity contribution in [3.8, 4) is 0 Å². The quantitative estimate of drug-likeness (QED) is 0.508. The van der Waals surface area contributed by atoms with Gasteiger partial charge in [0.15, 0.2) is 5.96 Å². The topological polar surface area (TPSA) is 52.6 Å². The molecule has 3 rings (SSSR count). The maximum atomic E-state index is 4.77. The number of benzene rings is 1. The zero-order valence-electron chi connectivity index (χ0n) is 18.1. The molecule has 158 valence electrons. The summed E-state index contributed by atoms with van der Waals surface area (Å²) in [6.45, 7) is 12.3. The average molecular weight is 414 g/mol. The lowest BCUT2D eigenvalue weighted by Gasteiger charge is -2.31. The highest BCUT2D eigenvalue weighted by Crippen LogP contribution is 2.19. The molecule has 0 bridgehead atoms. The third-order valence-corrected chi connectivity index (χ3v) is 6.44. The molecule has 0 radical (unpaired) electrons. The molecular formula is C23H35N5S. The first-order valence-electron chi connectivity index (χ1n) is 10.9. The van der Waals surface area contributed by atoms with E-state index in [1.54, 1.807) is 11.3 Å². The molecule has 0 amide bonds. The lowest BCUT2D eigenvalue weighted by atomic mass is 9.97. The zero-order valence-corrected chi connectivity index (χ0v) is 18.9. The van der Waals surface area contributed by atoms with Crippen molar-refractivity contribution in [1.82, 2.24) is 20.5 Å². The first-order valence-corrected chi connectivity index (χ1v) is 11.8. The zero-order chi connectivity index (χ0) is 20.5. The number of aliphatic imine (C=N–C) groups is 1. The summed E-state index contributed by atoms with van der Waals surface area (Å²) >= 11 is 1.79. The number of rotatable bonds is 8. The Labute approximate surface area is 179 Å². The van der Waals surface area contributed by atoms with Crippen LogP contribution in [0.4, 0.5) is 0 Å². The Morgan fingerprint density at radius 2 is 2.07 bits per heavy atom. The number of aromatic nitrogens is 1. The molecule has 2 N–H and O–H groups in total. The normalized spacial score (nSPS) is 16.2. The summed E-state index contributed by atoms with van der Waals surface area (Å²) in [5.74, 6) is 1.63. The molecule has 0 aliphatic carbocycles. The summed E-state index contributed by atoms with van der Waals surface area (Å²) in [6, 6.07) is 8.57. The third-order valence-electron chi connectivity index (χ3n) is 5.40. The largest absolute Gasteiger partial charge is 0.357 e. The van der Waals surface area contributed by atoms with Gasteiger partial charge in [-0.15, -0.1) is 11.3 Å². The number of aryl methyl sites for hydroxylation is 2. The third kappa shape index (κ3) is 7.12. The second-order valence-electron chi connectivity index (χ2n) is 7.87. The van der Waals surface area contributed by atoms with Gasteiger partial charge >= 0.3 is 0 Å². The van der Waals surface area contributed by atoms with Crippen LogP contribution in [0.2, 0.25) is 0 Å². The molecule has 1 aromatic heterocycles. The van der Waals surface area contributed by atoms with Crippen LogP contribution >= 0.6 is 11.3 Å². The monoisotopic (exact) mass is 413 g/mol. The first-order chi connectivity index (χ1) is 14.2. The molecule has 1 aromatic carbocycles. The molecule has 2 heterocycles. The minimum Gasteiger partial charge on any atom is -0.357 e. The summed E-state index contributed by atoms with van der Waals surface area (Å²) < 4.78 is 0. The lowest BCUT2D eigenvalue weighted by molar-refractivity contribution is 0.176. The summed E-state index contributed by atoms with van der Waals surface area (Å²) in [7, 11) is 0. The van der Waals surface area contributed by atoms with Crippen LogP contribution in [0, 0.1) is 12.8 Å². The van der Waals surface area contributed by atoms with E-state index in [0.717, 1.165) is 45.1 Å². The van der Waals surface area contributed by atoms with Crippen molar-refractivity contribution in [1.29, 1.82) is 0 Å². The SMILES string of the molecule is CCNC(=NCc1cccc(C)c1)NCC1CCN(Cc2csc(CC)n2)CC1. The van der Waals surface area contributed by atoms with Gasteiger partial charge in [-0.3, -0.25) is 4.90 Å². The van der Waals surface area contributed by atoms with Crippen molar-refractivity contribution in [3.63, 3.8) is 0 Å². The molecule has 1 saturated heterocycles. The fraction of sp³-hybridized carbons (Fsp3) is 0.565. The molecule has 0 spiro atoms. The van der Waals surface area contributed by atoms with E-state index in [4.69, 9.17) is 9.98 Å². The highest BCUT2D eigenvalue weighted by molar-refractivity contribution is 7.09. The number of hydrogen-bond acceptors (Lipinski definition) is 4. The second-order valence-corrected chi connectivity index (χ2v) is 8.81. The maximum absolute atomic E-state index is 4.77. The molecule has 5 nitrogen and oxygen atoms in total. The van der Waals surface area contributed by atoms with Crippen LogP contribution in [0.25, 0.3) is 0 Å². The summed E-state index contributed by atoms with van der Waals surface area (Å²) in [5.41, 5.74) is 3.77. The van der Waals surface area contributed by atoms with Gasteiger partial charge in [0.2, 0.25) is 0 Å². The van der Waals surface area contributed by atoms with Crippen molar-refractivity contribution in [3.05, 3.63) is 51.5 Å². The van der Waals surface area contributed by atoms with E-state index in [1.165, 1.54) is 34.7 Å². The van der Waals surface area contributed by atoms with Gasteiger partial charge in [-0.2, -0.15) is 0 Å². The van der Waals surface area contributed by atoms with E-state index in [0.29, 0.717) is 12.5 Å². The highest BCUT2D eigenvalue weighted by atomic mass is 32.1. The van der Waals surface area contributed by atoms with Crippen molar-refractivity contribution < 1.29 is 0 Å². The Kier molecular flexibility index (Phi) is 8.50. The van der Waals surface area contributed by atoms with Crippen molar-refractivity contribution in [2.45, 2.75) is 53.1 Å².